The molecule has 6 nitrogen and oxygen atoms in total. The molecule has 0 aliphatic carbocycles. The van der Waals surface area contributed by atoms with Gasteiger partial charge in [0.25, 0.3) is 5.56 Å². The molecule has 82 valence electrons. The second-order valence-electron chi connectivity index (χ2n) is 3.45. The lowest BCUT2D eigenvalue weighted by molar-refractivity contribution is 0.639. The minimum Gasteiger partial charge on any atom is -0.369 e. The first kappa shape index (κ1) is 11.2. The lowest BCUT2D eigenvalue weighted by Gasteiger charge is -2.06. The van der Waals surface area contributed by atoms with E-state index in [1.807, 2.05) is 14.1 Å². The van der Waals surface area contributed by atoms with Gasteiger partial charge in [-0.05, 0) is 0 Å². The van der Waals surface area contributed by atoms with E-state index in [2.05, 4.69) is 4.99 Å². The van der Waals surface area contributed by atoms with Crippen molar-refractivity contribution in [2.45, 2.75) is 0 Å². The Balaban J connectivity index is 3.34. The molecule has 0 unspecified atom stereocenters. The largest absolute Gasteiger partial charge is 0.369 e. The number of aromatic nitrogens is 2. The van der Waals surface area contributed by atoms with E-state index in [4.69, 9.17) is 0 Å². The monoisotopic (exact) mass is 210 g/mol. The van der Waals surface area contributed by atoms with Crippen molar-refractivity contribution in [3.05, 3.63) is 26.9 Å². The summed E-state index contributed by atoms with van der Waals surface area (Å²) >= 11 is 0. The van der Waals surface area contributed by atoms with Crippen molar-refractivity contribution in [3.63, 3.8) is 0 Å². The van der Waals surface area contributed by atoms with Crippen LogP contribution < -0.4 is 11.2 Å². The third kappa shape index (κ3) is 2.34. The van der Waals surface area contributed by atoms with Crippen LogP contribution in [0.4, 0.5) is 5.82 Å². The Morgan fingerprint density at radius 3 is 2.40 bits per heavy atom. The van der Waals surface area contributed by atoms with Crippen molar-refractivity contribution in [2.24, 2.45) is 19.1 Å². The van der Waals surface area contributed by atoms with Crippen molar-refractivity contribution >= 4 is 12.2 Å². The third-order valence-corrected chi connectivity index (χ3v) is 1.92. The fourth-order valence-electron chi connectivity index (χ4n) is 1.02. The molecule has 0 spiro atoms. The minimum atomic E-state index is -0.381. The van der Waals surface area contributed by atoms with Crippen molar-refractivity contribution in [1.29, 1.82) is 0 Å². The molecule has 0 amide bonds. The summed E-state index contributed by atoms with van der Waals surface area (Å²) in [6.45, 7) is 0. The molecule has 0 saturated heterocycles. The van der Waals surface area contributed by atoms with Crippen LogP contribution in [0, 0.1) is 0 Å². The summed E-state index contributed by atoms with van der Waals surface area (Å²) in [5.74, 6) is 0.344. The van der Waals surface area contributed by atoms with E-state index in [9.17, 15) is 9.59 Å². The summed E-state index contributed by atoms with van der Waals surface area (Å²) in [7, 11) is 6.62. The standard InChI is InChI=1S/C9H14N4O2/c1-11(2)6-10-7-5-8(14)13(4)9(15)12(7)3/h5-6H,1-4H3/b10-6-. The smallest absolute Gasteiger partial charge is 0.332 e. The molecule has 0 N–H and O–H groups in total. The van der Waals surface area contributed by atoms with E-state index in [1.54, 1.807) is 11.9 Å². The van der Waals surface area contributed by atoms with E-state index in [0.29, 0.717) is 5.82 Å². The van der Waals surface area contributed by atoms with Crippen molar-refractivity contribution in [2.75, 3.05) is 14.1 Å². The van der Waals surface area contributed by atoms with E-state index in [-0.39, 0.29) is 11.2 Å². The normalized spacial score (nSPS) is 10.9. The van der Waals surface area contributed by atoms with Gasteiger partial charge in [0, 0.05) is 34.3 Å². The number of nitrogens with zero attached hydrogens (tertiary/aromatic N) is 4. The third-order valence-electron chi connectivity index (χ3n) is 1.92. The van der Waals surface area contributed by atoms with Gasteiger partial charge >= 0.3 is 5.69 Å². The Bertz CT molecular complexity index is 496. The zero-order chi connectivity index (χ0) is 11.6. The van der Waals surface area contributed by atoms with Gasteiger partial charge in [-0.15, -0.1) is 0 Å². The Morgan fingerprint density at radius 1 is 1.27 bits per heavy atom. The molecule has 0 aliphatic heterocycles. The quantitative estimate of drug-likeness (QED) is 0.479. The van der Waals surface area contributed by atoms with Crippen LogP contribution in [0.1, 0.15) is 0 Å². The highest BCUT2D eigenvalue weighted by Gasteiger charge is 2.03. The van der Waals surface area contributed by atoms with Gasteiger partial charge in [-0.2, -0.15) is 0 Å². The molecule has 1 rings (SSSR count). The fourth-order valence-corrected chi connectivity index (χ4v) is 1.02. The summed E-state index contributed by atoms with van der Waals surface area (Å²) in [4.78, 5) is 28.6. The highest BCUT2D eigenvalue weighted by atomic mass is 16.2. The number of hydrogen-bond donors (Lipinski definition) is 0. The minimum absolute atomic E-state index is 0.344. The summed E-state index contributed by atoms with van der Waals surface area (Å²) in [6.07, 6.45) is 1.54. The predicted molar refractivity (Wildman–Crippen MR) is 58.8 cm³/mol. The van der Waals surface area contributed by atoms with Gasteiger partial charge in [0.1, 0.15) is 5.82 Å². The summed E-state index contributed by atoms with van der Waals surface area (Å²) < 4.78 is 2.36. The van der Waals surface area contributed by atoms with E-state index < -0.39 is 0 Å². The molecule has 0 saturated carbocycles. The maximum atomic E-state index is 11.5. The summed E-state index contributed by atoms with van der Waals surface area (Å²) in [5, 5.41) is 0. The van der Waals surface area contributed by atoms with Crippen molar-refractivity contribution in [1.82, 2.24) is 14.0 Å². The second-order valence-corrected chi connectivity index (χ2v) is 3.45. The summed E-state index contributed by atoms with van der Waals surface area (Å²) in [5.41, 5.74) is -0.739. The molecular weight excluding hydrogens is 196 g/mol. The van der Waals surface area contributed by atoms with E-state index >= 15 is 0 Å². The molecule has 1 aromatic rings. The van der Waals surface area contributed by atoms with Crippen LogP contribution in [0.25, 0.3) is 0 Å². The first-order valence-electron chi connectivity index (χ1n) is 4.41. The SMILES string of the molecule is CN(C)/C=N\c1cc(=O)n(C)c(=O)n1C. The van der Waals surface area contributed by atoms with Gasteiger partial charge < -0.3 is 4.90 Å². The molecule has 15 heavy (non-hydrogen) atoms. The lowest BCUT2D eigenvalue weighted by Crippen LogP contribution is -2.36. The van der Waals surface area contributed by atoms with E-state index in [0.717, 1.165) is 4.57 Å². The van der Waals surface area contributed by atoms with Gasteiger partial charge in [0.2, 0.25) is 0 Å². The lowest BCUT2D eigenvalue weighted by atomic mass is 10.5. The average Bonchev–Trinajstić information content (AvgIpc) is 2.18. The first-order chi connectivity index (χ1) is 6.93. The highest BCUT2D eigenvalue weighted by Crippen LogP contribution is 2.02. The molecule has 0 fully saturated rings. The molecule has 1 aromatic heterocycles. The van der Waals surface area contributed by atoms with Crippen LogP contribution in [-0.4, -0.2) is 34.5 Å². The summed E-state index contributed by atoms with van der Waals surface area (Å²) in [6, 6.07) is 1.32. The zero-order valence-electron chi connectivity index (χ0n) is 9.26. The van der Waals surface area contributed by atoms with Gasteiger partial charge in [-0.1, -0.05) is 0 Å². The van der Waals surface area contributed by atoms with E-state index in [1.165, 1.54) is 24.0 Å². The van der Waals surface area contributed by atoms with Crippen LogP contribution in [0.15, 0.2) is 20.6 Å². The molecule has 0 aliphatic rings. The molecule has 0 radical (unpaired) electrons. The topological polar surface area (TPSA) is 59.6 Å². The maximum Gasteiger partial charge on any atom is 0.332 e. The van der Waals surface area contributed by atoms with Crippen LogP contribution in [0.5, 0.6) is 0 Å². The number of hydrogen-bond acceptors (Lipinski definition) is 3. The van der Waals surface area contributed by atoms with Crippen LogP contribution in [-0.2, 0) is 14.1 Å². The Morgan fingerprint density at radius 2 is 1.87 bits per heavy atom. The Labute approximate surface area is 87.1 Å². The number of aliphatic imine (C=N–C) groups is 1. The molecule has 6 heteroatoms. The maximum absolute atomic E-state index is 11.5. The van der Waals surface area contributed by atoms with Crippen LogP contribution >= 0.6 is 0 Å². The second kappa shape index (κ2) is 4.12. The first-order valence-corrected chi connectivity index (χ1v) is 4.41. The molecule has 0 aromatic carbocycles. The Hall–Kier alpha value is -1.85. The van der Waals surface area contributed by atoms with Gasteiger partial charge in [-0.25, -0.2) is 9.79 Å². The fraction of sp³-hybridized carbons (Fsp3) is 0.444. The average molecular weight is 210 g/mol. The van der Waals surface area contributed by atoms with Gasteiger partial charge in [0.15, 0.2) is 0 Å². The predicted octanol–water partition coefficient (Wildman–Crippen LogP) is -0.695. The zero-order valence-corrected chi connectivity index (χ0v) is 9.26. The number of rotatable bonds is 2. The van der Waals surface area contributed by atoms with Crippen molar-refractivity contribution < 1.29 is 0 Å². The van der Waals surface area contributed by atoms with Crippen LogP contribution in [0.3, 0.4) is 0 Å². The van der Waals surface area contributed by atoms with Crippen molar-refractivity contribution in [3.8, 4) is 0 Å². The highest BCUT2D eigenvalue weighted by molar-refractivity contribution is 5.58. The molecule has 0 bridgehead atoms. The molecular formula is C9H14N4O2. The Kier molecular flexibility index (Phi) is 3.08. The molecule has 0 atom stereocenters. The van der Waals surface area contributed by atoms with Gasteiger partial charge in [0.05, 0.1) is 6.34 Å². The molecule has 1 heterocycles. The van der Waals surface area contributed by atoms with Gasteiger partial charge in [-0.3, -0.25) is 13.9 Å². The van der Waals surface area contributed by atoms with Crippen LogP contribution in [0.2, 0.25) is 0 Å².